The Balaban J connectivity index is 1.67. The minimum absolute atomic E-state index is 0.0529. The summed E-state index contributed by atoms with van der Waals surface area (Å²) in [6, 6.07) is 11.3. The number of ether oxygens (including phenoxy) is 2. The number of halogens is 1. The van der Waals surface area contributed by atoms with Crippen LogP contribution in [0.3, 0.4) is 0 Å². The number of rotatable bonds is 11. The van der Waals surface area contributed by atoms with Crippen LogP contribution in [0.15, 0.2) is 60.4 Å². The molecular weight excluding hydrogens is 542 g/mol. The van der Waals surface area contributed by atoms with E-state index >= 15 is 0 Å². The highest BCUT2D eigenvalue weighted by atomic mass is 31.2. The van der Waals surface area contributed by atoms with Crippen LogP contribution in [0.2, 0.25) is 0 Å². The van der Waals surface area contributed by atoms with Crippen LogP contribution >= 0.6 is 7.82 Å². The molecule has 0 fully saturated rings. The third-order valence-corrected chi connectivity index (χ3v) is 6.97. The number of hydrogen-bond donors (Lipinski definition) is 2. The van der Waals surface area contributed by atoms with Gasteiger partial charge in [0.2, 0.25) is 11.7 Å². The molecule has 0 saturated carbocycles. The number of hydrogen-bond acceptors (Lipinski definition) is 8. The molecule has 1 atom stereocenters. The lowest BCUT2D eigenvalue weighted by Crippen LogP contribution is -2.22. The maximum absolute atomic E-state index is 14.3. The summed E-state index contributed by atoms with van der Waals surface area (Å²) in [6.07, 6.45) is 5.23. The lowest BCUT2D eigenvalue weighted by molar-refractivity contribution is -0.127. The number of aromatic nitrogens is 1. The van der Waals surface area contributed by atoms with Crippen molar-refractivity contribution in [3.8, 4) is 17.2 Å². The van der Waals surface area contributed by atoms with E-state index in [0.29, 0.717) is 23.2 Å². The van der Waals surface area contributed by atoms with Gasteiger partial charge >= 0.3 is 7.82 Å². The Morgan fingerprint density at radius 3 is 2.45 bits per heavy atom. The number of carbonyl (C=O) groups excluding carboxylic acids is 1. The number of phosphoric acid groups is 1. The van der Waals surface area contributed by atoms with Crippen LogP contribution < -0.4 is 19.7 Å². The number of phosphoric ester groups is 1. The molecule has 1 aliphatic carbocycles. The van der Waals surface area contributed by atoms with Crippen LogP contribution in [-0.2, 0) is 25.1 Å². The van der Waals surface area contributed by atoms with Gasteiger partial charge in [-0.2, -0.15) is 0 Å². The van der Waals surface area contributed by atoms with Gasteiger partial charge in [0.25, 0.3) is 0 Å². The molecule has 10 nitrogen and oxygen atoms in total. The molecule has 4 rings (SSSR count). The average molecular weight is 571 g/mol. The first kappa shape index (κ1) is 29.0. The van der Waals surface area contributed by atoms with E-state index in [0.717, 1.165) is 29.4 Å². The second kappa shape index (κ2) is 12.4. The van der Waals surface area contributed by atoms with Crippen molar-refractivity contribution in [3.05, 3.63) is 88.5 Å². The molecule has 0 radical (unpaired) electrons. The molecule has 12 heteroatoms. The Morgan fingerprint density at radius 2 is 1.82 bits per heavy atom. The van der Waals surface area contributed by atoms with Gasteiger partial charge in [0.1, 0.15) is 5.82 Å². The first-order valence-corrected chi connectivity index (χ1v) is 13.5. The number of carbonyl (C=O) groups is 1. The summed E-state index contributed by atoms with van der Waals surface area (Å²) in [7, 11) is -0.683. The van der Waals surface area contributed by atoms with Crippen LogP contribution in [0.1, 0.15) is 35.6 Å². The number of allylic oxidation sites excluding steroid dienone is 2. The van der Waals surface area contributed by atoms with Gasteiger partial charge in [-0.05, 0) is 82.3 Å². The van der Waals surface area contributed by atoms with Gasteiger partial charge in [0, 0.05) is 26.0 Å². The first-order valence-electron chi connectivity index (χ1n) is 12.0. The summed E-state index contributed by atoms with van der Waals surface area (Å²) in [4.78, 5) is 31.4. The van der Waals surface area contributed by atoms with E-state index in [1.807, 2.05) is 19.1 Å². The zero-order valence-corrected chi connectivity index (χ0v) is 23.2. The summed E-state index contributed by atoms with van der Waals surface area (Å²) in [5, 5.41) is 2.89. The van der Waals surface area contributed by atoms with Crippen molar-refractivity contribution in [2.75, 3.05) is 21.3 Å². The lowest BCUT2D eigenvalue weighted by atomic mass is 10.00. The third-order valence-electron chi connectivity index (χ3n) is 6.24. The van der Waals surface area contributed by atoms with Gasteiger partial charge in [-0.25, -0.2) is 8.96 Å². The number of benzene rings is 2. The summed E-state index contributed by atoms with van der Waals surface area (Å²) >= 11 is 0. The Morgan fingerprint density at radius 1 is 1.10 bits per heavy atom. The molecule has 210 valence electrons. The van der Waals surface area contributed by atoms with Crippen molar-refractivity contribution >= 4 is 31.0 Å². The Hall–Kier alpha value is -4.02. The highest BCUT2D eigenvalue weighted by molar-refractivity contribution is 7.47. The van der Waals surface area contributed by atoms with Crippen molar-refractivity contribution in [3.63, 3.8) is 0 Å². The zero-order valence-electron chi connectivity index (χ0n) is 22.3. The standard InChI is InChI=1S/C28H28FN2O8P/c1-17-22(10-19-11-25(35-2)28(26(12-19)36-3)38-39-40(33,34)37-4)21-8-7-20(29)13-24(21)23(17)14-27(32)31-16-18-6-5-9-30-15-18/h5-13,15H,14,16H2,1-4H3,(H,31,32)(H,33,34). The first-order chi connectivity index (χ1) is 19.2. The maximum atomic E-state index is 14.3. The van der Waals surface area contributed by atoms with E-state index in [-0.39, 0.29) is 29.6 Å². The molecule has 0 saturated heterocycles. The zero-order chi connectivity index (χ0) is 28.9. The quantitative estimate of drug-likeness (QED) is 0.179. The van der Waals surface area contributed by atoms with E-state index in [2.05, 4.69) is 19.5 Å². The highest BCUT2D eigenvalue weighted by Crippen LogP contribution is 2.48. The number of nitrogens with one attached hydrogen (secondary N) is 1. The van der Waals surface area contributed by atoms with Crippen molar-refractivity contribution in [1.82, 2.24) is 10.3 Å². The molecule has 0 bridgehead atoms. The number of pyridine rings is 1. The Kier molecular flexibility index (Phi) is 9.01. The van der Waals surface area contributed by atoms with Crippen molar-refractivity contribution in [2.45, 2.75) is 19.9 Å². The second-order valence-electron chi connectivity index (χ2n) is 8.73. The molecule has 3 aromatic rings. The van der Waals surface area contributed by atoms with Gasteiger partial charge in [-0.15, -0.1) is 0 Å². The Labute approximate surface area is 230 Å². The number of methoxy groups -OCH3 is 2. The highest BCUT2D eigenvalue weighted by Gasteiger charge is 2.27. The van der Waals surface area contributed by atoms with E-state index < -0.39 is 13.6 Å². The minimum Gasteiger partial charge on any atom is -0.493 e. The Bertz CT molecular complexity index is 1500. The van der Waals surface area contributed by atoms with Crippen molar-refractivity contribution in [1.29, 1.82) is 0 Å². The fourth-order valence-electron chi connectivity index (χ4n) is 4.25. The third kappa shape index (κ3) is 6.57. The molecule has 1 heterocycles. The van der Waals surface area contributed by atoms with Gasteiger partial charge in [-0.3, -0.25) is 14.3 Å². The van der Waals surface area contributed by atoms with Crippen LogP contribution in [0, 0.1) is 5.82 Å². The van der Waals surface area contributed by atoms with E-state index in [1.165, 1.54) is 26.4 Å². The number of amides is 1. The predicted molar refractivity (Wildman–Crippen MR) is 146 cm³/mol. The fourth-order valence-corrected chi connectivity index (χ4v) is 4.48. The number of nitrogens with zero attached hydrogens (tertiary/aromatic N) is 1. The molecule has 0 aliphatic heterocycles. The van der Waals surface area contributed by atoms with Gasteiger partial charge in [0.05, 0.1) is 20.6 Å². The van der Waals surface area contributed by atoms with Gasteiger partial charge < -0.3 is 24.6 Å². The van der Waals surface area contributed by atoms with E-state index in [1.54, 1.807) is 36.7 Å². The van der Waals surface area contributed by atoms with Crippen LogP contribution in [-0.4, -0.2) is 37.1 Å². The largest absolute Gasteiger partial charge is 0.508 e. The smallest absolute Gasteiger partial charge is 0.493 e. The van der Waals surface area contributed by atoms with Crippen LogP contribution in [0.25, 0.3) is 17.2 Å². The van der Waals surface area contributed by atoms with Gasteiger partial charge in [0.15, 0.2) is 11.5 Å². The SMILES string of the molecule is COc1cc(C=C2C(C)=C(CC(=O)NCc3cccnc3)c3cc(F)ccc32)cc(OC)c1OOP(=O)(O)OC. The summed E-state index contributed by atoms with van der Waals surface area (Å²) in [5.41, 5.74) is 5.16. The monoisotopic (exact) mass is 570 g/mol. The molecule has 1 aromatic heterocycles. The minimum atomic E-state index is -4.44. The van der Waals surface area contributed by atoms with Gasteiger partial charge in [-0.1, -0.05) is 16.8 Å². The van der Waals surface area contributed by atoms with Crippen LogP contribution in [0.5, 0.6) is 17.2 Å². The summed E-state index contributed by atoms with van der Waals surface area (Å²) in [5.74, 6) is -0.405. The predicted octanol–water partition coefficient (Wildman–Crippen LogP) is 5.33. The average Bonchev–Trinajstić information content (AvgIpc) is 3.20. The van der Waals surface area contributed by atoms with Crippen LogP contribution in [0.4, 0.5) is 4.39 Å². The molecule has 2 aromatic carbocycles. The molecule has 2 N–H and O–H groups in total. The van der Waals surface area contributed by atoms with E-state index in [4.69, 9.17) is 14.4 Å². The molecule has 40 heavy (non-hydrogen) atoms. The lowest BCUT2D eigenvalue weighted by Gasteiger charge is -2.15. The van der Waals surface area contributed by atoms with Crippen molar-refractivity contribution in [2.24, 2.45) is 0 Å². The molecule has 1 aliphatic rings. The molecular formula is C28H28FN2O8P. The second-order valence-corrected chi connectivity index (χ2v) is 10.2. The summed E-state index contributed by atoms with van der Waals surface area (Å²) < 4.78 is 45.6. The number of fused-ring (bicyclic) bond motifs is 1. The fraction of sp³-hybridized carbons (Fsp3) is 0.214. The topological polar surface area (TPSA) is 125 Å². The molecule has 1 unspecified atom stereocenters. The van der Waals surface area contributed by atoms with Crippen molar-refractivity contribution < 1.29 is 42.2 Å². The van der Waals surface area contributed by atoms with E-state index in [9.17, 15) is 18.6 Å². The molecule has 0 spiro atoms. The normalized spacial score (nSPS) is 15.0. The summed E-state index contributed by atoms with van der Waals surface area (Å²) in [6.45, 7) is 2.20. The molecule has 1 amide bonds. The maximum Gasteiger partial charge on any atom is 0.508 e.